The summed E-state index contributed by atoms with van der Waals surface area (Å²) in [6.07, 6.45) is 1.63. The number of anilines is 1. The first kappa shape index (κ1) is 20.0. The van der Waals surface area contributed by atoms with Crippen LogP contribution in [0, 0.1) is 11.6 Å². The average molecular weight is 366 g/mol. The lowest BCUT2D eigenvalue weighted by Crippen LogP contribution is -2.54. The molecular weight excluding hydrogens is 342 g/mol. The fourth-order valence-corrected chi connectivity index (χ4v) is 2.74. The quantitative estimate of drug-likeness (QED) is 0.712. The number of carbonyl (C=O) groups is 2. The van der Waals surface area contributed by atoms with E-state index >= 15 is 0 Å². The van der Waals surface area contributed by atoms with Crippen LogP contribution in [-0.4, -0.2) is 66.9 Å². The van der Waals surface area contributed by atoms with E-state index in [2.05, 4.69) is 17.2 Å². The SMILES string of the molecule is C=CCNC(=O)CN1CCN(C(C)C(=O)Nc2ccc(F)c(F)c2)CC1. The lowest BCUT2D eigenvalue weighted by Gasteiger charge is -2.37. The smallest absolute Gasteiger partial charge is 0.241 e. The van der Waals surface area contributed by atoms with Crippen LogP contribution in [0.3, 0.4) is 0 Å². The first-order valence-corrected chi connectivity index (χ1v) is 8.50. The third-order valence-electron chi connectivity index (χ3n) is 4.33. The first-order chi connectivity index (χ1) is 12.4. The highest BCUT2D eigenvalue weighted by molar-refractivity contribution is 5.94. The number of carbonyl (C=O) groups excluding carboxylic acids is 2. The van der Waals surface area contributed by atoms with E-state index in [0.29, 0.717) is 39.3 Å². The molecule has 6 nitrogen and oxygen atoms in total. The zero-order chi connectivity index (χ0) is 19.1. The van der Waals surface area contributed by atoms with Crippen LogP contribution in [0.25, 0.3) is 0 Å². The van der Waals surface area contributed by atoms with Crippen LogP contribution in [0.1, 0.15) is 6.92 Å². The van der Waals surface area contributed by atoms with E-state index in [4.69, 9.17) is 0 Å². The van der Waals surface area contributed by atoms with Crippen molar-refractivity contribution in [2.45, 2.75) is 13.0 Å². The van der Waals surface area contributed by atoms with Crippen LogP contribution in [0.2, 0.25) is 0 Å². The summed E-state index contributed by atoms with van der Waals surface area (Å²) in [7, 11) is 0. The van der Waals surface area contributed by atoms with Gasteiger partial charge in [0.15, 0.2) is 11.6 Å². The molecule has 1 aliphatic rings. The molecule has 2 amide bonds. The third-order valence-corrected chi connectivity index (χ3v) is 4.33. The number of halogens is 2. The molecule has 0 aliphatic carbocycles. The highest BCUT2D eigenvalue weighted by Gasteiger charge is 2.26. The molecule has 0 radical (unpaired) electrons. The number of rotatable bonds is 7. The fraction of sp³-hybridized carbons (Fsp3) is 0.444. The highest BCUT2D eigenvalue weighted by Crippen LogP contribution is 2.14. The van der Waals surface area contributed by atoms with Crippen LogP contribution in [0.5, 0.6) is 0 Å². The van der Waals surface area contributed by atoms with E-state index in [1.165, 1.54) is 6.07 Å². The van der Waals surface area contributed by atoms with Gasteiger partial charge >= 0.3 is 0 Å². The Morgan fingerprint density at radius 1 is 1.23 bits per heavy atom. The second-order valence-electron chi connectivity index (χ2n) is 6.20. The van der Waals surface area contributed by atoms with Gasteiger partial charge in [-0.2, -0.15) is 0 Å². The van der Waals surface area contributed by atoms with Gasteiger partial charge in [-0.05, 0) is 19.1 Å². The van der Waals surface area contributed by atoms with Crippen molar-refractivity contribution in [2.75, 3.05) is 44.6 Å². The summed E-state index contributed by atoms with van der Waals surface area (Å²) < 4.78 is 26.2. The molecule has 26 heavy (non-hydrogen) atoms. The minimum atomic E-state index is -1.00. The number of nitrogens with zero attached hydrogens (tertiary/aromatic N) is 2. The molecule has 1 saturated heterocycles. The van der Waals surface area contributed by atoms with Crippen molar-refractivity contribution >= 4 is 17.5 Å². The van der Waals surface area contributed by atoms with Crippen LogP contribution in [0.4, 0.5) is 14.5 Å². The topological polar surface area (TPSA) is 64.7 Å². The second kappa shape index (κ2) is 9.40. The van der Waals surface area contributed by atoms with Gasteiger partial charge in [0.25, 0.3) is 0 Å². The van der Waals surface area contributed by atoms with Crippen molar-refractivity contribution < 1.29 is 18.4 Å². The van der Waals surface area contributed by atoms with Crippen molar-refractivity contribution in [2.24, 2.45) is 0 Å². The van der Waals surface area contributed by atoms with Crippen molar-refractivity contribution in [1.82, 2.24) is 15.1 Å². The molecule has 8 heteroatoms. The Labute approximate surface area is 151 Å². The van der Waals surface area contributed by atoms with Crippen molar-refractivity contribution in [1.29, 1.82) is 0 Å². The number of amides is 2. The summed E-state index contributed by atoms with van der Waals surface area (Å²) in [6, 6.07) is 2.84. The molecule has 0 saturated carbocycles. The lowest BCUT2D eigenvalue weighted by molar-refractivity contribution is -0.124. The monoisotopic (exact) mass is 366 g/mol. The minimum Gasteiger partial charge on any atom is -0.352 e. The van der Waals surface area contributed by atoms with Gasteiger partial charge in [-0.1, -0.05) is 6.08 Å². The van der Waals surface area contributed by atoms with Gasteiger partial charge in [0.05, 0.1) is 12.6 Å². The van der Waals surface area contributed by atoms with Crippen molar-refractivity contribution in [3.05, 3.63) is 42.5 Å². The normalized spacial score (nSPS) is 16.7. The molecule has 1 aromatic carbocycles. The summed E-state index contributed by atoms with van der Waals surface area (Å²) in [5.74, 6) is -2.29. The lowest BCUT2D eigenvalue weighted by atomic mass is 10.2. The van der Waals surface area contributed by atoms with E-state index in [1.54, 1.807) is 13.0 Å². The highest BCUT2D eigenvalue weighted by atomic mass is 19.2. The second-order valence-corrected chi connectivity index (χ2v) is 6.20. The predicted octanol–water partition coefficient (Wildman–Crippen LogP) is 1.21. The zero-order valence-corrected chi connectivity index (χ0v) is 14.8. The molecule has 142 valence electrons. The molecular formula is C18H24F2N4O2. The summed E-state index contributed by atoms with van der Waals surface area (Å²) >= 11 is 0. The van der Waals surface area contributed by atoms with Gasteiger partial charge in [0.1, 0.15) is 0 Å². The molecule has 0 spiro atoms. The van der Waals surface area contributed by atoms with Gasteiger partial charge < -0.3 is 10.6 Å². The van der Waals surface area contributed by atoms with Crippen LogP contribution in [0.15, 0.2) is 30.9 Å². The summed E-state index contributed by atoms with van der Waals surface area (Å²) in [5.41, 5.74) is 0.221. The van der Waals surface area contributed by atoms with E-state index in [9.17, 15) is 18.4 Å². The molecule has 0 aromatic heterocycles. The molecule has 1 aromatic rings. The molecule has 0 bridgehead atoms. The molecule has 1 atom stereocenters. The van der Waals surface area contributed by atoms with Gasteiger partial charge in [0, 0.05) is 44.5 Å². The minimum absolute atomic E-state index is 0.0533. The molecule has 1 heterocycles. The van der Waals surface area contributed by atoms with E-state index in [1.807, 2.05) is 9.80 Å². The summed E-state index contributed by atoms with van der Waals surface area (Å²) in [5, 5.41) is 5.33. The fourth-order valence-electron chi connectivity index (χ4n) is 2.74. The van der Waals surface area contributed by atoms with Gasteiger partial charge in [-0.15, -0.1) is 6.58 Å². The number of hydrogen-bond donors (Lipinski definition) is 2. The number of nitrogens with one attached hydrogen (secondary N) is 2. The zero-order valence-electron chi connectivity index (χ0n) is 14.8. The molecule has 1 unspecified atom stereocenters. The number of hydrogen-bond acceptors (Lipinski definition) is 4. The Bertz CT molecular complexity index is 661. The molecule has 2 N–H and O–H groups in total. The van der Waals surface area contributed by atoms with E-state index in [0.717, 1.165) is 12.1 Å². The van der Waals surface area contributed by atoms with Crippen LogP contribution < -0.4 is 10.6 Å². The Kier molecular flexibility index (Phi) is 7.23. The standard InChI is InChI=1S/C18H24F2N4O2/c1-3-6-21-17(25)12-23-7-9-24(10-8-23)13(2)18(26)22-14-4-5-15(19)16(20)11-14/h3-5,11,13H,1,6-10,12H2,2H3,(H,21,25)(H,22,26). The first-order valence-electron chi connectivity index (χ1n) is 8.50. The molecule has 1 fully saturated rings. The van der Waals surface area contributed by atoms with Crippen molar-refractivity contribution in [3.63, 3.8) is 0 Å². The van der Waals surface area contributed by atoms with E-state index in [-0.39, 0.29) is 17.5 Å². The predicted molar refractivity (Wildman–Crippen MR) is 95.7 cm³/mol. The molecule has 1 aliphatic heterocycles. The van der Waals surface area contributed by atoms with Gasteiger partial charge in [0.2, 0.25) is 11.8 Å². The Morgan fingerprint density at radius 3 is 2.54 bits per heavy atom. The van der Waals surface area contributed by atoms with Crippen molar-refractivity contribution in [3.8, 4) is 0 Å². The summed E-state index contributed by atoms with van der Waals surface area (Å²) in [4.78, 5) is 28.1. The maximum Gasteiger partial charge on any atom is 0.241 e. The average Bonchev–Trinajstić information content (AvgIpc) is 2.63. The summed E-state index contributed by atoms with van der Waals surface area (Å²) in [6.45, 7) is 8.70. The number of piperazine rings is 1. The van der Waals surface area contributed by atoms with Crippen LogP contribution >= 0.6 is 0 Å². The largest absolute Gasteiger partial charge is 0.352 e. The molecule has 2 rings (SSSR count). The van der Waals surface area contributed by atoms with Gasteiger partial charge in [-0.3, -0.25) is 19.4 Å². The third kappa shape index (κ3) is 5.60. The maximum absolute atomic E-state index is 13.2. The van der Waals surface area contributed by atoms with E-state index < -0.39 is 17.7 Å². The Morgan fingerprint density at radius 2 is 1.92 bits per heavy atom. The Balaban J connectivity index is 1.80. The number of benzene rings is 1. The maximum atomic E-state index is 13.2. The Hall–Kier alpha value is -2.32. The van der Waals surface area contributed by atoms with Crippen LogP contribution in [-0.2, 0) is 9.59 Å². The van der Waals surface area contributed by atoms with Gasteiger partial charge in [-0.25, -0.2) is 8.78 Å².